The van der Waals surface area contributed by atoms with Gasteiger partial charge in [0.15, 0.2) is 5.82 Å². The molecule has 0 spiro atoms. The van der Waals surface area contributed by atoms with Crippen LogP contribution in [0.1, 0.15) is 25.1 Å². The van der Waals surface area contributed by atoms with E-state index in [0.29, 0.717) is 34.2 Å². The van der Waals surface area contributed by atoms with E-state index < -0.39 is 5.41 Å². The van der Waals surface area contributed by atoms with E-state index in [4.69, 9.17) is 4.52 Å². The zero-order valence-electron chi connectivity index (χ0n) is 16.1. The molecule has 0 atom stereocenters. The van der Waals surface area contributed by atoms with Gasteiger partial charge in [0.25, 0.3) is 0 Å². The Labute approximate surface area is 169 Å². The average Bonchev–Trinajstić information content (AvgIpc) is 3.43. The first-order valence-corrected chi connectivity index (χ1v) is 9.22. The second kappa shape index (κ2) is 6.55. The lowest BCUT2D eigenvalue weighted by molar-refractivity contribution is -0.119. The number of anilines is 1. The highest BCUT2D eigenvalue weighted by Gasteiger charge is 2.42. The van der Waals surface area contributed by atoms with E-state index in [2.05, 4.69) is 30.8 Å². The summed E-state index contributed by atoms with van der Waals surface area (Å²) in [5, 5.41) is 19.6. The van der Waals surface area contributed by atoms with Crippen molar-refractivity contribution in [3.05, 3.63) is 59.7 Å². The van der Waals surface area contributed by atoms with Crippen LogP contribution in [0.2, 0.25) is 0 Å². The monoisotopic (exact) mass is 405 g/mol. The maximum absolute atomic E-state index is 14.2. The number of fused-ring (bicyclic) bond motifs is 1. The van der Waals surface area contributed by atoms with Gasteiger partial charge in [-0.15, -0.1) is 10.2 Å². The zero-order valence-corrected chi connectivity index (χ0v) is 16.1. The molecular weight excluding hydrogens is 389 g/mol. The summed E-state index contributed by atoms with van der Waals surface area (Å²) in [5.74, 6) is 0.0799. The van der Waals surface area contributed by atoms with Crippen LogP contribution in [0.5, 0.6) is 0 Å². The number of nitrogens with one attached hydrogen (secondary N) is 1. The smallest absolute Gasteiger partial charge is 0.237 e. The highest BCUT2D eigenvalue weighted by Crippen LogP contribution is 2.35. The second-order valence-electron chi connectivity index (χ2n) is 7.46. The molecular formula is C20H16FN7O2. The van der Waals surface area contributed by atoms with Gasteiger partial charge >= 0.3 is 0 Å². The summed E-state index contributed by atoms with van der Waals surface area (Å²) in [4.78, 5) is 16.6. The minimum absolute atomic E-state index is 0.178. The fourth-order valence-corrected chi connectivity index (χ4v) is 3.30. The van der Waals surface area contributed by atoms with E-state index in [1.165, 1.54) is 12.3 Å². The normalized spacial score (nSPS) is 14.6. The van der Waals surface area contributed by atoms with Crippen molar-refractivity contribution in [2.75, 3.05) is 5.32 Å². The molecule has 0 saturated carbocycles. The molecule has 3 aromatic heterocycles. The third-order valence-electron chi connectivity index (χ3n) is 5.07. The molecule has 0 bridgehead atoms. The van der Waals surface area contributed by atoms with Crippen molar-refractivity contribution in [1.82, 2.24) is 30.1 Å². The molecule has 0 aliphatic carbocycles. The SMILES string of the molecule is CC1(C)C(=O)Nc2nc(-c3cc(-c4ccon4)n(Cc4ccccc4F)n3)nnc21. The molecule has 0 unspecified atom stereocenters. The number of nitrogens with zero attached hydrogens (tertiary/aromatic N) is 6. The first kappa shape index (κ1) is 18.1. The standard InChI is InChI=1S/C20H16FN7O2/c1-20(2)16-18(23-19(20)29)22-17(25-24-16)14-9-15(13-7-8-30-27-13)28(26-14)10-11-5-3-4-6-12(11)21/h3-9H,10H2,1-2H3,(H,22,23,25,29). The second-order valence-corrected chi connectivity index (χ2v) is 7.46. The van der Waals surface area contributed by atoms with Gasteiger partial charge in [0.05, 0.1) is 17.7 Å². The molecule has 150 valence electrons. The van der Waals surface area contributed by atoms with Crippen LogP contribution in [0.3, 0.4) is 0 Å². The van der Waals surface area contributed by atoms with E-state index >= 15 is 0 Å². The molecule has 0 saturated heterocycles. The maximum atomic E-state index is 14.2. The van der Waals surface area contributed by atoms with Crippen molar-refractivity contribution in [3.8, 4) is 22.9 Å². The van der Waals surface area contributed by atoms with Gasteiger partial charge in [-0.05, 0) is 26.0 Å². The van der Waals surface area contributed by atoms with Crippen LogP contribution in [0.25, 0.3) is 22.9 Å². The minimum atomic E-state index is -0.802. The molecule has 9 nitrogen and oxygen atoms in total. The molecule has 0 radical (unpaired) electrons. The summed E-state index contributed by atoms with van der Waals surface area (Å²) in [5.41, 5.74) is 1.71. The zero-order chi connectivity index (χ0) is 20.9. The highest BCUT2D eigenvalue weighted by atomic mass is 19.1. The van der Waals surface area contributed by atoms with Crippen molar-refractivity contribution < 1.29 is 13.7 Å². The molecule has 0 fully saturated rings. The van der Waals surface area contributed by atoms with Gasteiger partial charge in [0.1, 0.15) is 29.2 Å². The Morgan fingerprint density at radius 1 is 1.17 bits per heavy atom. The summed E-state index contributed by atoms with van der Waals surface area (Å²) >= 11 is 0. The van der Waals surface area contributed by atoms with Gasteiger partial charge in [0.2, 0.25) is 11.7 Å². The topological polar surface area (TPSA) is 112 Å². The van der Waals surface area contributed by atoms with Crippen LogP contribution in [0.4, 0.5) is 10.2 Å². The molecule has 1 aliphatic rings. The summed E-state index contributed by atoms with van der Waals surface area (Å²) < 4.78 is 20.7. The van der Waals surface area contributed by atoms with Gasteiger partial charge in [0, 0.05) is 11.6 Å². The predicted octanol–water partition coefficient (Wildman–Crippen LogP) is 2.81. The Bertz CT molecular complexity index is 1260. The number of hydrogen-bond donors (Lipinski definition) is 1. The quantitative estimate of drug-likeness (QED) is 0.556. The molecule has 1 aromatic carbocycles. The number of amides is 1. The van der Waals surface area contributed by atoms with Gasteiger partial charge < -0.3 is 9.84 Å². The van der Waals surface area contributed by atoms with Gasteiger partial charge in [-0.2, -0.15) is 5.10 Å². The summed E-state index contributed by atoms with van der Waals surface area (Å²) in [7, 11) is 0. The molecule has 10 heteroatoms. The summed E-state index contributed by atoms with van der Waals surface area (Å²) in [6.45, 7) is 3.70. The van der Waals surface area contributed by atoms with Crippen molar-refractivity contribution in [2.24, 2.45) is 0 Å². The van der Waals surface area contributed by atoms with E-state index in [1.807, 2.05) is 0 Å². The fraction of sp³-hybridized carbons (Fsp3) is 0.200. The lowest BCUT2D eigenvalue weighted by atomic mass is 9.91. The van der Waals surface area contributed by atoms with Crippen LogP contribution in [0, 0.1) is 5.82 Å². The van der Waals surface area contributed by atoms with Crippen LogP contribution in [-0.4, -0.2) is 36.0 Å². The number of halogens is 1. The van der Waals surface area contributed by atoms with Gasteiger partial charge in [-0.1, -0.05) is 23.4 Å². The van der Waals surface area contributed by atoms with E-state index in [1.54, 1.807) is 48.9 Å². The van der Waals surface area contributed by atoms with Crippen LogP contribution in [-0.2, 0) is 16.8 Å². The predicted molar refractivity (Wildman–Crippen MR) is 104 cm³/mol. The lowest BCUT2D eigenvalue weighted by Crippen LogP contribution is -2.27. The average molecular weight is 405 g/mol. The van der Waals surface area contributed by atoms with Crippen molar-refractivity contribution >= 4 is 11.7 Å². The molecule has 4 aromatic rings. The summed E-state index contributed by atoms with van der Waals surface area (Å²) in [6, 6.07) is 9.89. The van der Waals surface area contributed by atoms with E-state index in [0.717, 1.165) is 0 Å². The fourth-order valence-electron chi connectivity index (χ4n) is 3.30. The number of carbonyl (C=O) groups is 1. The van der Waals surface area contributed by atoms with E-state index in [9.17, 15) is 9.18 Å². The molecule has 1 N–H and O–H groups in total. The third-order valence-corrected chi connectivity index (χ3v) is 5.07. The van der Waals surface area contributed by atoms with E-state index in [-0.39, 0.29) is 24.1 Å². The van der Waals surface area contributed by atoms with Crippen molar-refractivity contribution in [3.63, 3.8) is 0 Å². The van der Waals surface area contributed by atoms with Gasteiger partial charge in [-0.3, -0.25) is 9.48 Å². The van der Waals surface area contributed by atoms with Crippen LogP contribution < -0.4 is 5.32 Å². The Balaban J connectivity index is 1.58. The number of benzene rings is 1. The van der Waals surface area contributed by atoms with Gasteiger partial charge in [-0.25, -0.2) is 9.37 Å². The van der Waals surface area contributed by atoms with Crippen molar-refractivity contribution in [2.45, 2.75) is 25.8 Å². The molecule has 5 rings (SSSR count). The van der Waals surface area contributed by atoms with Crippen molar-refractivity contribution in [1.29, 1.82) is 0 Å². The molecule has 30 heavy (non-hydrogen) atoms. The highest BCUT2D eigenvalue weighted by molar-refractivity contribution is 6.03. The van der Waals surface area contributed by atoms with Crippen LogP contribution >= 0.6 is 0 Å². The number of hydrogen-bond acceptors (Lipinski definition) is 7. The Hall–Kier alpha value is -3.95. The number of rotatable bonds is 4. The summed E-state index contributed by atoms with van der Waals surface area (Å²) in [6.07, 6.45) is 1.44. The largest absolute Gasteiger partial charge is 0.364 e. The molecule has 1 aliphatic heterocycles. The Morgan fingerprint density at radius 3 is 2.77 bits per heavy atom. The lowest BCUT2D eigenvalue weighted by Gasteiger charge is -2.11. The number of aromatic nitrogens is 6. The first-order chi connectivity index (χ1) is 14.4. The number of carbonyl (C=O) groups excluding carboxylic acids is 1. The molecule has 4 heterocycles. The Morgan fingerprint density at radius 2 is 2.00 bits per heavy atom. The van der Waals surface area contributed by atoms with Crippen LogP contribution in [0.15, 0.2) is 47.2 Å². The first-order valence-electron chi connectivity index (χ1n) is 9.22. The Kier molecular flexibility index (Phi) is 3.95. The third kappa shape index (κ3) is 2.84. The maximum Gasteiger partial charge on any atom is 0.237 e. The molecule has 1 amide bonds. The minimum Gasteiger partial charge on any atom is -0.364 e.